The fraction of sp³-hybridized carbons (Fsp3) is 0.480. The highest BCUT2D eigenvalue weighted by atomic mass is 16.6. The van der Waals surface area contributed by atoms with Crippen molar-refractivity contribution >= 4 is 17.9 Å². The van der Waals surface area contributed by atoms with Crippen molar-refractivity contribution in [3.63, 3.8) is 0 Å². The number of rotatable bonds is 6. The first-order valence-corrected chi connectivity index (χ1v) is 10.8. The highest BCUT2D eigenvalue weighted by molar-refractivity contribution is 5.93. The van der Waals surface area contributed by atoms with Crippen LogP contribution in [0.5, 0.6) is 0 Å². The van der Waals surface area contributed by atoms with E-state index in [4.69, 9.17) is 14.2 Å². The number of hydrogen-bond donors (Lipinski definition) is 2. The summed E-state index contributed by atoms with van der Waals surface area (Å²) in [6.07, 6.45) is 4.96. The molecule has 4 atom stereocenters. The Kier molecular flexibility index (Phi) is 9.37. The zero-order valence-corrected chi connectivity index (χ0v) is 19.5. The minimum Gasteiger partial charge on any atom is -0.458 e. The van der Waals surface area contributed by atoms with Crippen LogP contribution >= 0.6 is 0 Å². The lowest BCUT2D eigenvalue weighted by atomic mass is 9.85. The van der Waals surface area contributed by atoms with Crippen molar-refractivity contribution in [2.24, 2.45) is 5.92 Å². The molecule has 2 aliphatic rings. The molecule has 8 heteroatoms. The first-order valence-electron chi connectivity index (χ1n) is 10.8. The smallest absolute Gasteiger partial charge is 0.337 e. The molecule has 0 aromatic heterocycles. The molecule has 0 radical (unpaired) electrons. The molecule has 33 heavy (non-hydrogen) atoms. The molecular weight excluding hydrogens is 428 g/mol. The van der Waals surface area contributed by atoms with Crippen LogP contribution in [-0.2, 0) is 28.6 Å². The third-order valence-electron chi connectivity index (χ3n) is 5.84. The second kappa shape index (κ2) is 11.8. The van der Waals surface area contributed by atoms with E-state index in [9.17, 15) is 24.6 Å². The summed E-state index contributed by atoms with van der Waals surface area (Å²) in [5.74, 6) is -2.63. The molecule has 2 rings (SSSR count). The van der Waals surface area contributed by atoms with Crippen molar-refractivity contribution in [2.75, 3.05) is 13.2 Å². The van der Waals surface area contributed by atoms with E-state index in [1.54, 1.807) is 26.8 Å². The Hall–Kier alpha value is -2.97. The van der Waals surface area contributed by atoms with E-state index in [-0.39, 0.29) is 23.3 Å². The van der Waals surface area contributed by atoms with E-state index >= 15 is 0 Å². The van der Waals surface area contributed by atoms with E-state index in [0.29, 0.717) is 18.4 Å². The van der Waals surface area contributed by atoms with Gasteiger partial charge in [0.05, 0.1) is 29.8 Å². The van der Waals surface area contributed by atoms with Crippen LogP contribution < -0.4 is 0 Å². The molecule has 1 aliphatic heterocycles. The van der Waals surface area contributed by atoms with Crippen molar-refractivity contribution < 1.29 is 38.8 Å². The largest absolute Gasteiger partial charge is 0.458 e. The number of aliphatic hydroxyl groups is 2. The van der Waals surface area contributed by atoms with Gasteiger partial charge in [0, 0.05) is 12.0 Å². The summed E-state index contributed by atoms with van der Waals surface area (Å²) in [4.78, 5) is 37.2. The van der Waals surface area contributed by atoms with Gasteiger partial charge in [-0.2, -0.15) is 0 Å². The number of ether oxygens (including phenoxy) is 3. The van der Waals surface area contributed by atoms with Gasteiger partial charge in [0.2, 0.25) is 0 Å². The van der Waals surface area contributed by atoms with Crippen LogP contribution in [0.15, 0.2) is 58.7 Å². The quantitative estimate of drug-likeness (QED) is 0.269. The minimum absolute atomic E-state index is 0.0806. The van der Waals surface area contributed by atoms with Gasteiger partial charge in [-0.3, -0.25) is 0 Å². The average molecular weight is 461 g/mol. The molecule has 1 aliphatic carbocycles. The first-order chi connectivity index (χ1) is 15.6. The van der Waals surface area contributed by atoms with Crippen molar-refractivity contribution in [1.29, 1.82) is 0 Å². The molecule has 1 heterocycles. The zero-order chi connectivity index (χ0) is 24.7. The summed E-state index contributed by atoms with van der Waals surface area (Å²) in [6.45, 7) is 9.86. The van der Waals surface area contributed by atoms with Crippen LogP contribution in [-0.4, -0.2) is 59.6 Å². The minimum atomic E-state index is -0.758. The lowest BCUT2D eigenvalue weighted by molar-refractivity contribution is -0.148. The van der Waals surface area contributed by atoms with Crippen LogP contribution in [0.25, 0.3) is 0 Å². The third-order valence-corrected chi connectivity index (χ3v) is 5.84. The van der Waals surface area contributed by atoms with Crippen molar-refractivity contribution in [2.45, 2.75) is 58.8 Å². The molecule has 0 spiro atoms. The van der Waals surface area contributed by atoms with Gasteiger partial charge in [-0.05, 0) is 45.8 Å². The molecule has 180 valence electrons. The second-order valence-electron chi connectivity index (χ2n) is 8.14. The molecule has 2 N–H and O–H groups in total. The molecule has 0 saturated carbocycles. The van der Waals surface area contributed by atoms with Gasteiger partial charge in [-0.1, -0.05) is 30.4 Å². The van der Waals surface area contributed by atoms with Crippen LogP contribution in [0.1, 0.15) is 40.5 Å². The normalized spacial score (nSPS) is 29.8. The van der Waals surface area contributed by atoms with E-state index in [1.807, 2.05) is 13.0 Å². The highest BCUT2D eigenvalue weighted by Gasteiger charge is 2.44. The van der Waals surface area contributed by atoms with Crippen LogP contribution in [0.4, 0.5) is 0 Å². The van der Waals surface area contributed by atoms with Gasteiger partial charge >= 0.3 is 17.9 Å². The number of allylic oxidation sites excluding steroid dienone is 2. The number of esters is 3. The van der Waals surface area contributed by atoms with Crippen molar-refractivity contribution in [3.05, 3.63) is 58.7 Å². The Morgan fingerprint density at radius 2 is 1.88 bits per heavy atom. The number of hydrogen-bond acceptors (Lipinski definition) is 8. The predicted molar refractivity (Wildman–Crippen MR) is 121 cm³/mol. The van der Waals surface area contributed by atoms with Crippen molar-refractivity contribution in [3.8, 4) is 0 Å². The number of carbonyl (C=O) groups excluding carboxylic acids is 3. The molecule has 0 amide bonds. The topological polar surface area (TPSA) is 119 Å². The van der Waals surface area contributed by atoms with Gasteiger partial charge < -0.3 is 24.4 Å². The van der Waals surface area contributed by atoms with E-state index in [1.165, 1.54) is 12.2 Å². The van der Waals surface area contributed by atoms with Gasteiger partial charge in [0.1, 0.15) is 18.8 Å². The Labute approximate surface area is 193 Å². The predicted octanol–water partition coefficient (Wildman–Crippen LogP) is 2.47. The Bertz CT molecular complexity index is 921. The van der Waals surface area contributed by atoms with Gasteiger partial charge in [0.15, 0.2) is 0 Å². The number of carbonyl (C=O) groups is 3. The maximum Gasteiger partial charge on any atom is 0.337 e. The Morgan fingerprint density at radius 3 is 2.48 bits per heavy atom. The summed E-state index contributed by atoms with van der Waals surface area (Å²) < 4.78 is 16.4. The summed E-state index contributed by atoms with van der Waals surface area (Å²) in [5.41, 5.74) is 1.91. The van der Waals surface area contributed by atoms with Crippen LogP contribution in [0, 0.1) is 5.92 Å². The lowest BCUT2D eigenvalue weighted by Crippen LogP contribution is -2.34. The number of fused-ring (bicyclic) bond motifs is 1. The summed E-state index contributed by atoms with van der Waals surface area (Å²) in [7, 11) is 0. The fourth-order valence-corrected chi connectivity index (χ4v) is 3.68. The maximum atomic E-state index is 12.9. The summed E-state index contributed by atoms with van der Waals surface area (Å²) in [6, 6.07) is 0. The molecule has 0 aromatic rings. The Morgan fingerprint density at radius 1 is 1.21 bits per heavy atom. The SMILES string of the molecule is C=C1C(=O)O[C@@H]2/C=C(\C)[C@@H](O)C/C=C(\C)C[C@@H](OC(=O)/C(=C/C)COC(=O)/C(=C/C)CO)[C@@H]12. The standard InChI is InChI=1S/C25H32O8/c1-6-17(12-26)24(29)31-13-18(7-2)25(30)33-20-10-14(3)8-9-19(27)15(4)11-21-22(20)16(5)23(28)32-21/h6-8,11,19-22,26-27H,5,9-10,12-13H2,1-4H3/b14-8+,15-11+,17-6+,18-7+/t19-,20+,21+,22+/m0/s1. The van der Waals surface area contributed by atoms with Gasteiger partial charge in [0.25, 0.3) is 0 Å². The molecule has 1 saturated heterocycles. The van der Waals surface area contributed by atoms with Gasteiger partial charge in [-0.15, -0.1) is 0 Å². The number of aliphatic hydroxyl groups excluding tert-OH is 2. The van der Waals surface area contributed by atoms with Crippen molar-refractivity contribution in [1.82, 2.24) is 0 Å². The maximum absolute atomic E-state index is 12.9. The molecule has 8 nitrogen and oxygen atoms in total. The molecule has 0 bridgehead atoms. The summed E-state index contributed by atoms with van der Waals surface area (Å²) >= 11 is 0. The van der Waals surface area contributed by atoms with E-state index < -0.39 is 48.7 Å². The van der Waals surface area contributed by atoms with E-state index in [2.05, 4.69) is 6.58 Å². The monoisotopic (exact) mass is 460 g/mol. The highest BCUT2D eigenvalue weighted by Crippen LogP contribution is 2.36. The second-order valence-corrected chi connectivity index (χ2v) is 8.14. The first kappa shape index (κ1) is 26.3. The summed E-state index contributed by atoms with van der Waals surface area (Å²) in [5, 5.41) is 19.5. The fourth-order valence-electron chi connectivity index (χ4n) is 3.68. The van der Waals surface area contributed by atoms with E-state index in [0.717, 1.165) is 5.57 Å². The Balaban J connectivity index is 2.26. The average Bonchev–Trinajstić information content (AvgIpc) is 3.05. The lowest BCUT2D eigenvalue weighted by Gasteiger charge is -2.28. The third kappa shape index (κ3) is 6.52. The molecular formula is C25H32O8. The van der Waals surface area contributed by atoms with Crippen LogP contribution in [0.2, 0.25) is 0 Å². The molecule has 0 aromatic carbocycles. The zero-order valence-electron chi connectivity index (χ0n) is 19.5. The van der Waals surface area contributed by atoms with Crippen LogP contribution in [0.3, 0.4) is 0 Å². The molecule has 1 fully saturated rings. The molecule has 0 unspecified atom stereocenters. The van der Waals surface area contributed by atoms with Gasteiger partial charge in [-0.25, -0.2) is 14.4 Å².